The molecule has 0 saturated carbocycles. The van der Waals surface area contributed by atoms with Crippen LogP contribution in [0.15, 0.2) is 18.2 Å². The number of hydrogen-bond acceptors (Lipinski definition) is 3. The van der Waals surface area contributed by atoms with Gasteiger partial charge in [0.1, 0.15) is 11.5 Å². The summed E-state index contributed by atoms with van der Waals surface area (Å²) in [5.41, 5.74) is 0.916. The number of carbonyl (C=O) groups is 1. The number of carbonyl (C=O) groups excluding carboxylic acids is 1. The standard InChI is InChI=1S/C15H23NO3/c1-10(2)8-15(17)16-11(3)13-9-12(18-4)6-7-14(13)19-5/h6-7,9-11H,8H2,1-5H3,(H,16,17)/t11-/m1/s1. The molecule has 1 aromatic rings. The quantitative estimate of drug-likeness (QED) is 0.860. The van der Waals surface area contributed by atoms with E-state index in [1.54, 1.807) is 14.2 Å². The second kappa shape index (κ2) is 7.02. The van der Waals surface area contributed by atoms with Crippen LogP contribution in [-0.4, -0.2) is 20.1 Å². The van der Waals surface area contributed by atoms with Crippen LogP contribution in [0.4, 0.5) is 0 Å². The summed E-state index contributed by atoms with van der Waals surface area (Å²) in [4.78, 5) is 11.8. The molecule has 1 aromatic carbocycles. The number of amides is 1. The van der Waals surface area contributed by atoms with Crippen molar-refractivity contribution in [2.75, 3.05) is 14.2 Å². The molecule has 0 spiro atoms. The summed E-state index contributed by atoms with van der Waals surface area (Å²) in [5, 5.41) is 2.98. The molecule has 4 heteroatoms. The third kappa shape index (κ3) is 4.47. The summed E-state index contributed by atoms with van der Waals surface area (Å²) in [6.45, 7) is 5.99. The molecule has 0 bridgehead atoms. The summed E-state index contributed by atoms with van der Waals surface area (Å²) in [6.07, 6.45) is 0.524. The second-order valence-corrected chi connectivity index (χ2v) is 5.00. The van der Waals surface area contributed by atoms with E-state index in [1.807, 2.05) is 39.0 Å². The van der Waals surface area contributed by atoms with Crippen molar-refractivity contribution in [3.05, 3.63) is 23.8 Å². The van der Waals surface area contributed by atoms with Crippen molar-refractivity contribution in [3.63, 3.8) is 0 Å². The zero-order valence-electron chi connectivity index (χ0n) is 12.3. The number of hydrogen-bond donors (Lipinski definition) is 1. The Kier molecular flexibility index (Phi) is 5.67. The normalized spacial score (nSPS) is 12.1. The average molecular weight is 265 g/mol. The number of nitrogens with one attached hydrogen (secondary N) is 1. The molecule has 0 aliphatic carbocycles. The van der Waals surface area contributed by atoms with Crippen molar-refractivity contribution < 1.29 is 14.3 Å². The molecule has 1 amide bonds. The Morgan fingerprint density at radius 2 is 1.89 bits per heavy atom. The molecule has 1 rings (SSSR count). The minimum absolute atomic E-state index is 0.0485. The average Bonchev–Trinajstić information content (AvgIpc) is 2.36. The van der Waals surface area contributed by atoms with Crippen LogP contribution < -0.4 is 14.8 Å². The van der Waals surface area contributed by atoms with Crippen molar-refractivity contribution in [2.24, 2.45) is 5.92 Å². The van der Waals surface area contributed by atoms with Gasteiger partial charge >= 0.3 is 0 Å². The summed E-state index contributed by atoms with van der Waals surface area (Å²) in [6, 6.07) is 5.46. The first-order valence-electron chi connectivity index (χ1n) is 6.49. The minimum Gasteiger partial charge on any atom is -0.497 e. The predicted molar refractivity (Wildman–Crippen MR) is 75.6 cm³/mol. The SMILES string of the molecule is COc1ccc(OC)c([C@@H](C)NC(=O)CC(C)C)c1. The van der Waals surface area contributed by atoms with Crippen LogP contribution in [0.2, 0.25) is 0 Å². The van der Waals surface area contributed by atoms with Crippen molar-refractivity contribution in [1.29, 1.82) is 0 Å². The maximum Gasteiger partial charge on any atom is 0.220 e. The molecule has 106 valence electrons. The van der Waals surface area contributed by atoms with Gasteiger partial charge in [0.25, 0.3) is 0 Å². The Balaban J connectivity index is 2.85. The highest BCUT2D eigenvalue weighted by Gasteiger charge is 2.15. The van der Waals surface area contributed by atoms with Gasteiger partial charge in [-0.15, -0.1) is 0 Å². The lowest BCUT2D eigenvalue weighted by molar-refractivity contribution is -0.122. The van der Waals surface area contributed by atoms with Gasteiger partial charge in [-0.1, -0.05) is 13.8 Å². The smallest absolute Gasteiger partial charge is 0.220 e. The maximum atomic E-state index is 11.8. The Morgan fingerprint density at radius 1 is 1.21 bits per heavy atom. The van der Waals surface area contributed by atoms with Crippen LogP contribution >= 0.6 is 0 Å². The molecule has 0 saturated heterocycles. The first-order chi connectivity index (χ1) is 8.97. The molecule has 0 heterocycles. The van der Waals surface area contributed by atoms with E-state index < -0.39 is 0 Å². The van der Waals surface area contributed by atoms with Crippen LogP contribution in [-0.2, 0) is 4.79 Å². The zero-order chi connectivity index (χ0) is 14.4. The molecular weight excluding hydrogens is 242 g/mol. The highest BCUT2D eigenvalue weighted by atomic mass is 16.5. The fourth-order valence-electron chi connectivity index (χ4n) is 1.93. The number of rotatable bonds is 6. The van der Waals surface area contributed by atoms with Gasteiger partial charge in [0.05, 0.1) is 20.3 Å². The molecule has 19 heavy (non-hydrogen) atoms. The van der Waals surface area contributed by atoms with Gasteiger partial charge in [-0.25, -0.2) is 0 Å². The lowest BCUT2D eigenvalue weighted by Gasteiger charge is -2.18. The fourth-order valence-corrected chi connectivity index (χ4v) is 1.93. The molecule has 1 N–H and O–H groups in total. The molecule has 4 nitrogen and oxygen atoms in total. The highest BCUT2D eigenvalue weighted by Crippen LogP contribution is 2.29. The first-order valence-corrected chi connectivity index (χ1v) is 6.49. The fraction of sp³-hybridized carbons (Fsp3) is 0.533. The predicted octanol–water partition coefficient (Wildman–Crippen LogP) is 2.93. The molecule has 1 atom stereocenters. The van der Waals surface area contributed by atoms with E-state index >= 15 is 0 Å². The van der Waals surface area contributed by atoms with E-state index in [9.17, 15) is 4.79 Å². The topological polar surface area (TPSA) is 47.6 Å². The van der Waals surface area contributed by atoms with E-state index in [2.05, 4.69) is 5.32 Å². The van der Waals surface area contributed by atoms with Gasteiger partial charge in [0.2, 0.25) is 5.91 Å². The molecule has 0 aromatic heterocycles. The monoisotopic (exact) mass is 265 g/mol. The van der Waals surface area contributed by atoms with E-state index in [0.29, 0.717) is 12.3 Å². The van der Waals surface area contributed by atoms with Gasteiger partial charge in [0, 0.05) is 12.0 Å². The van der Waals surface area contributed by atoms with E-state index in [1.165, 1.54) is 0 Å². The van der Waals surface area contributed by atoms with Gasteiger partial charge in [-0.05, 0) is 31.0 Å². The Bertz CT molecular complexity index is 429. The maximum absolute atomic E-state index is 11.8. The number of methoxy groups -OCH3 is 2. The van der Waals surface area contributed by atoms with Crippen molar-refractivity contribution >= 4 is 5.91 Å². The van der Waals surface area contributed by atoms with Gasteiger partial charge in [-0.3, -0.25) is 4.79 Å². The second-order valence-electron chi connectivity index (χ2n) is 5.00. The Labute approximate surface area is 115 Å². The minimum atomic E-state index is -0.115. The first kappa shape index (κ1) is 15.3. The van der Waals surface area contributed by atoms with Gasteiger partial charge in [-0.2, -0.15) is 0 Å². The van der Waals surface area contributed by atoms with Crippen LogP contribution in [0.25, 0.3) is 0 Å². The van der Waals surface area contributed by atoms with E-state index in [0.717, 1.165) is 17.1 Å². The summed E-state index contributed by atoms with van der Waals surface area (Å²) in [7, 11) is 3.24. The molecular formula is C15H23NO3. The van der Waals surface area contributed by atoms with Crippen LogP contribution in [0.1, 0.15) is 38.8 Å². The van der Waals surface area contributed by atoms with Crippen LogP contribution in [0, 0.1) is 5.92 Å². The van der Waals surface area contributed by atoms with Crippen LogP contribution in [0.3, 0.4) is 0 Å². The lowest BCUT2D eigenvalue weighted by Crippen LogP contribution is -2.27. The van der Waals surface area contributed by atoms with Crippen molar-refractivity contribution in [1.82, 2.24) is 5.32 Å². The van der Waals surface area contributed by atoms with E-state index in [4.69, 9.17) is 9.47 Å². The zero-order valence-corrected chi connectivity index (χ0v) is 12.3. The summed E-state index contributed by atoms with van der Waals surface area (Å²) in [5.74, 6) is 1.89. The van der Waals surface area contributed by atoms with Gasteiger partial charge < -0.3 is 14.8 Å². The van der Waals surface area contributed by atoms with Crippen molar-refractivity contribution in [2.45, 2.75) is 33.2 Å². The number of benzene rings is 1. The number of ether oxygens (including phenoxy) is 2. The largest absolute Gasteiger partial charge is 0.497 e. The van der Waals surface area contributed by atoms with E-state index in [-0.39, 0.29) is 11.9 Å². The molecule has 0 aliphatic rings. The Morgan fingerprint density at radius 3 is 2.42 bits per heavy atom. The third-order valence-electron chi connectivity index (χ3n) is 2.87. The van der Waals surface area contributed by atoms with Crippen LogP contribution in [0.5, 0.6) is 11.5 Å². The Hall–Kier alpha value is -1.71. The van der Waals surface area contributed by atoms with Gasteiger partial charge in [0.15, 0.2) is 0 Å². The lowest BCUT2D eigenvalue weighted by atomic mass is 10.1. The van der Waals surface area contributed by atoms with Crippen molar-refractivity contribution in [3.8, 4) is 11.5 Å². The molecule has 0 unspecified atom stereocenters. The molecule has 0 aliphatic heterocycles. The highest BCUT2D eigenvalue weighted by molar-refractivity contribution is 5.76. The molecule has 0 radical (unpaired) electrons. The third-order valence-corrected chi connectivity index (χ3v) is 2.87. The summed E-state index contributed by atoms with van der Waals surface area (Å²) < 4.78 is 10.5. The molecule has 0 fully saturated rings. The summed E-state index contributed by atoms with van der Waals surface area (Å²) >= 11 is 0.